The van der Waals surface area contributed by atoms with Gasteiger partial charge in [0.15, 0.2) is 5.76 Å². The largest absolute Gasteiger partial charge is 0.485 e. The maximum atomic E-state index is 12.7. The van der Waals surface area contributed by atoms with E-state index < -0.39 is 0 Å². The normalized spacial score (nSPS) is 10.7. The Balaban J connectivity index is 1.58. The Hall–Kier alpha value is -3.54. The first-order valence-electron chi connectivity index (χ1n) is 10.6. The Bertz CT molecular complexity index is 1120. The number of benzene rings is 2. The van der Waals surface area contributed by atoms with Crippen LogP contribution in [0.15, 0.2) is 46.9 Å². The van der Waals surface area contributed by atoms with Crippen LogP contribution in [0.3, 0.4) is 0 Å². The van der Waals surface area contributed by atoms with Gasteiger partial charge in [0, 0.05) is 12.7 Å². The molecule has 3 aromatic rings. The van der Waals surface area contributed by atoms with Crippen LogP contribution in [-0.2, 0) is 11.4 Å². The smallest absolute Gasteiger partial charge is 0.289 e. The van der Waals surface area contributed by atoms with Gasteiger partial charge in [-0.25, -0.2) is 0 Å². The number of carbonyl (C=O) groups excluding carboxylic acids is 2. The van der Waals surface area contributed by atoms with Crippen LogP contribution in [0.25, 0.3) is 0 Å². The van der Waals surface area contributed by atoms with E-state index in [-0.39, 0.29) is 30.7 Å². The summed E-state index contributed by atoms with van der Waals surface area (Å²) >= 11 is 0. The summed E-state index contributed by atoms with van der Waals surface area (Å²) in [5.41, 5.74) is 6.11. The lowest BCUT2D eigenvalue weighted by Crippen LogP contribution is -2.35. The van der Waals surface area contributed by atoms with E-state index in [4.69, 9.17) is 9.15 Å². The number of hydrogen-bond acceptors (Lipinski definition) is 4. The van der Waals surface area contributed by atoms with Crippen LogP contribution in [0.5, 0.6) is 5.75 Å². The molecule has 0 bridgehead atoms. The minimum atomic E-state index is -0.365. The van der Waals surface area contributed by atoms with Crippen LogP contribution in [-0.4, -0.2) is 30.3 Å². The molecule has 0 aliphatic carbocycles. The minimum Gasteiger partial charge on any atom is -0.485 e. The van der Waals surface area contributed by atoms with Crippen molar-refractivity contribution in [2.45, 2.75) is 41.2 Å². The van der Waals surface area contributed by atoms with Gasteiger partial charge in [-0.05, 0) is 69.5 Å². The number of carbonyl (C=O) groups is 2. The second-order valence-electron chi connectivity index (χ2n) is 8.31. The van der Waals surface area contributed by atoms with Crippen LogP contribution in [0, 0.1) is 34.6 Å². The number of aryl methyl sites for hydroxylation is 5. The number of hydrogen-bond donors (Lipinski definition) is 1. The lowest BCUT2D eigenvalue weighted by molar-refractivity contribution is -0.116. The molecule has 2 aromatic carbocycles. The van der Waals surface area contributed by atoms with Gasteiger partial charge in [0.05, 0.1) is 6.54 Å². The van der Waals surface area contributed by atoms with Crippen LogP contribution < -0.4 is 10.1 Å². The number of nitrogens with zero attached hydrogens (tertiary/aromatic N) is 1. The fraction of sp³-hybridized carbons (Fsp3) is 0.308. The van der Waals surface area contributed by atoms with Gasteiger partial charge in [-0.3, -0.25) is 9.59 Å². The quantitative estimate of drug-likeness (QED) is 0.561. The second kappa shape index (κ2) is 9.73. The first-order chi connectivity index (χ1) is 15.1. The van der Waals surface area contributed by atoms with E-state index in [9.17, 15) is 9.59 Å². The highest BCUT2D eigenvalue weighted by molar-refractivity contribution is 5.98. The topological polar surface area (TPSA) is 71.8 Å². The molecule has 3 rings (SSSR count). The Morgan fingerprint density at radius 3 is 2.22 bits per heavy atom. The van der Waals surface area contributed by atoms with Crippen molar-refractivity contribution in [3.05, 3.63) is 81.8 Å². The van der Waals surface area contributed by atoms with E-state index in [1.165, 1.54) is 10.5 Å². The Kier molecular flexibility index (Phi) is 7.03. The third kappa shape index (κ3) is 5.58. The molecule has 1 N–H and O–H groups in total. The number of rotatable bonds is 7. The van der Waals surface area contributed by atoms with Gasteiger partial charge in [-0.15, -0.1) is 0 Å². The van der Waals surface area contributed by atoms with E-state index in [0.717, 1.165) is 33.7 Å². The van der Waals surface area contributed by atoms with Crippen molar-refractivity contribution in [2.75, 3.05) is 18.9 Å². The first-order valence-corrected chi connectivity index (χ1v) is 10.6. The number of furan rings is 1. The molecule has 0 radical (unpaired) electrons. The molecule has 0 spiro atoms. The van der Waals surface area contributed by atoms with E-state index >= 15 is 0 Å². The number of nitrogens with one attached hydrogen (secondary N) is 1. The molecular formula is C26H30N2O4. The van der Waals surface area contributed by atoms with Gasteiger partial charge >= 0.3 is 0 Å². The van der Waals surface area contributed by atoms with Crippen molar-refractivity contribution in [1.82, 2.24) is 4.90 Å². The maximum Gasteiger partial charge on any atom is 0.289 e. The molecule has 0 aliphatic rings. The fourth-order valence-electron chi connectivity index (χ4n) is 3.71. The van der Waals surface area contributed by atoms with Crippen LogP contribution >= 0.6 is 0 Å². The molecule has 32 heavy (non-hydrogen) atoms. The predicted octanol–water partition coefficient (Wildman–Crippen LogP) is 5.11. The first kappa shape index (κ1) is 23.1. The summed E-state index contributed by atoms with van der Waals surface area (Å²) in [5, 5.41) is 2.91. The molecule has 0 fully saturated rings. The number of ether oxygens (including phenoxy) is 1. The molecule has 168 valence electrons. The highest BCUT2D eigenvalue weighted by Crippen LogP contribution is 2.22. The molecule has 6 nitrogen and oxygen atoms in total. The highest BCUT2D eigenvalue weighted by atomic mass is 16.5. The molecule has 0 saturated carbocycles. The van der Waals surface area contributed by atoms with E-state index in [1.807, 2.05) is 65.0 Å². The summed E-state index contributed by atoms with van der Waals surface area (Å²) < 4.78 is 11.5. The van der Waals surface area contributed by atoms with Crippen molar-refractivity contribution in [3.63, 3.8) is 0 Å². The minimum absolute atomic E-state index is 0.0827. The zero-order chi connectivity index (χ0) is 23.4. The predicted molar refractivity (Wildman–Crippen MR) is 125 cm³/mol. The summed E-state index contributed by atoms with van der Waals surface area (Å²) in [5.74, 6) is 0.853. The standard InChI is InChI=1S/C26H30N2O4/c1-16-7-9-22(18(3)11-16)31-15-21-8-10-23(32-21)26(30)28(6)14-24(29)27-25-19(4)12-17(2)13-20(25)5/h7-13H,14-15H2,1-6H3,(H,27,29). The summed E-state index contributed by atoms with van der Waals surface area (Å²) in [6.45, 7) is 10.1. The van der Waals surface area contributed by atoms with Gasteiger partial charge in [0.2, 0.25) is 5.91 Å². The number of anilines is 1. The van der Waals surface area contributed by atoms with Crippen LogP contribution in [0.4, 0.5) is 5.69 Å². The van der Waals surface area contributed by atoms with Crippen molar-refractivity contribution >= 4 is 17.5 Å². The molecule has 0 unspecified atom stereocenters. The van der Waals surface area contributed by atoms with E-state index in [1.54, 1.807) is 19.2 Å². The molecule has 0 aliphatic heterocycles. The molecular weight excluding hydrogens is 404 g/mol. The Morgan fingerprint density at radius 1 is 0.906 bits per heavy atom. The van der Waals surface area contributed by atoms with Gasteiger partial charge in [-0.2, -0.15) is 0 Å². The van der Waals surface area contributed by atoms with E-state index in [0.29, 0.717) is 5.76 Å². The molecule has 1 heterocycles. The van der Waals surface area contributed by atoms with E-state index in [2.05, 4.69) is 5.32 Å². The summed E-state index contributed by atoms with van der Waals surface area (Å²) in [6, 6.07) is 13.3. The lowest BCUT2D eigenvalue weighted by Gasteiger charge is -2.17. The van der Waals surface area contributed by atoms with Crippen molar-refractivity contribution in [3.8, 4) is 5.75 Å². The van der Waals surface area contributed by atoms with Crippen LogP contribution in [0.2, 0.25) is 0 Å². The second-order valence-corrected chi connectivity index (χ2v) is 8.31. The number of likely N-dealkylation sites (N-methyl/N-ethyl adjacent to an activating group) is 1. The third-order valence-corrected chi connectivity index (χ3v) is 5.24. The molecule has 6 heteroatoms. The molecule has 2 amide bonds. The lowest BCUT2D eigenvalue weighted by atomic mass is 10.1. The SMILES string of the molecule is Cc1ccc(OCc2ccc(C(=O)N(C)CC(=O)Nc3c(C)cc(C)cc3C)o2)c(C)c1. The van der Waals surface area contributed by atoms with Gasteiger partial charge < -0.3 is 19.4 Å². The third-order valence-electron chi connectivity index (χ3n) is 5.24. The highest BCUT2D eigenvalue weighted by Gasteiger charge is 2.19. The summed E-state index contributed by atoms with van der Waals surface area (Å²) in [6.07, 6.45) is 0. The zero-order valence-corrected chi connectivity index (χ0v) is 19.5. The van der Waals surface area contributed by atoms with Gasteiger partial charge in [-0.1, -0.05) is 35.4 Å². The van der Waals surface area contributed by atoms with Crippen molar-refractivity contribution in [1.29, 1.82) is 0 Å². The maximum absolute atomic E-state index is 12.7. The Morgan fingerprint density at radius 2 is 1.56 bits per heavy atom. The molecule has 0 atom stereocenters. The Labute approximate surface area is 189 Å². The summed E-state index contributed by atoms with van der Waals surface area (Å²) in [7, 11) is 1.57. The van der Waals surface area contributed by atoms with Crippen molar-refractivity contribution < 1.29 is 18.7 Å². The molecule has 1 aromatic heterocycles. The zero-order valence-electron chi connectivity index (χ0n) is 19.5. The average molecular weight is 435 g/mol. The summed E-state index contributed by atoms with van der Waals surface area (Å²) in [4.78, 5) is 26.5. The number of amides is 2. The molecule has 0 saturated heterocycles. The van der Waals surface area contributed by atoms with Gasteiger partial charge in [0.25, 0.3) is 5.91 Å². The monoisotopic (exact) mass is 434 g/mol. The van der Waals surface area contributed by atoms with Crippen molar-refractivity contribution in [2.24, 2.45) is 0 Å². The van der Waals surface area contributed by atoms with Gasteiger partial charge in [0.1, 0.15) is 18.1 Å². The average Bonchev–Trinajstić information content (AvgIpc) is 3.18. The fourth-order valence-corrected chi connectivity index (χ4v) is 3.71. The van der Waals surface area contributed by atoms with Crippen LogP contribution in [0.1, 0.15) is 44.1 Å².